The van der Waals surface area contributed by atoms with Crippen molar-refractivity contribution >= 4 is 69.9 Å². The quantitative estimate of drug-likeness (QED) is 0.0641. The lowest BCUT2D eigenvalue weighted by molar-refractivity contribution is -0.128. The molecule has 1 saturated carbocycles. The van der Waals surface area contributed by atoms with Crippen LogP contribution < -0.4 is 29.2 Å². The van der Waals surface area contributed by atoms with Gasteiger partial charge in [-0.25, -0.2) is 4.79 Å². The van der Waals surface area contributed by atoms with Crippen molar-refractivity contribution in [1.82, 2.24) is 5.32 Å². The summed E-state index contributed by atoms with van der Waals surface area (Å²) in [6.45, 7) is 13.0. The SMILES string of the molecule is COc1cc2c(cc1OCCCOc1cc3c(cc1OC)C(=O)C(C)C1CC=C(c4ccc(N5CCC6(CC5)CC6C)cc4)CC1C=N3)N=CC1CC(c3ccc(CCC(=O)C(C)CC(=O)C(NC(=O)OCC4c5ccccc5-c5ccccc54)C(C)C)cc3)=CCC1=CC2=O. The number of hydrogen-bond acceptors (Lipinski definition) is 13. The van der Waals surface area contributed by atoms with Crippen LogP contribution in [0, 0.1) is 46.8 Å². The van der Waals surface area contributed by atoms with Gasteiger partial charge in [0, 0.05) is 97.8 Å². The second-order valence-corrected chi connectivity index (χ2v) is 28.1. The summed E-state index contributed by atoms with van der Waals surface area (Å²) >= 11 is 0. The number of aryl methyl sites for hydroxylation is 1. The zero-order chi connectivity index (χ0) is 66.8. The Morgan fingerprint density at radius 1 is 0.688 bits per heavy atom. The predicted octanol–water partition coefficient (Wildman–Crippen LogP) is 16.8. The molecule has 6 aromatic rings. The summed E-state index contributed by atoms with van der Waals surface area (Å²) in [7, 11) is 3.13. The first-order valence-corrected chi connectivity index (χ1v) is 34.6. The Kier molecular flexibility index (Phi) is 19.3. The molecule has 13 rings (SSSR count). The normalized spacial score (nSPS) is 21.2. The molecule has 7 unspecified atom stereocenters. The Morgan fingerprint density at radius 2 is 1.29 bits per heavy atom. The number of aliphatic imine (C=N–C) groups is 2. The van der Waals surface area contributed by atoms with Gasteiger partial charge in [0.1, 0.15) is 12.4 Å². The summed E-state index contributed by atoms with van der Waals surface area (Å²) in [5.74, 6) is 1.49. The number of nitrogens with zero attached hydrogens (tertiary/aromatic N) is 3. The second kappa shape index (κ2) is 28.3. The topological polar surface area (TPSA) is 171 Å². The fourth-order valence-corrected chi connectivity index (χ4v) is 15.7. The van der Waals surface area contributed by atoms with Crippen molar-refractivity contribution in [1.29, 1.82) is 0 Å². The number of amides is 1. The van der Waals surface area contributed by atoms with Gasteiger partial charge in [-0.3, -0.25) is 29.2 Å². The predicted molar refractivity (Wildman–Crippen MR) is 378 cm³/mol. The number of piperidine rings is 1. The van der Waals surface area contributed by atoms with Crippen LogP contribution in [0.25, 0.3) is 22.3 Å². The summed E-state index contributed by atoms with van der Waals surface area (Å²) < 4.78 is 30.0. The number of carbonyl (C=O) groups is 5. The average Bonchev–Trinajstić information content (AvgIpc) is 1.48. The van der Waals surface area contributed by atoms with E-state index in [9.17, 15) is 24.0 Å². The van der Waals surface area contributed by atoms with Gasteiger partial charge in [0.15, 0.2) is 40.3 Å². The van der Waals surface area contributed by atoms with Gasteiger partial charge in [-0.05, 0) is 155 Å². The molecule has 0 bridgehead atoms. The summed E-state index contributed by atoms with van der Waals surface area (Å²) in [6, 6.07) is 39.9. The number of methoxy groups -OCH3 is 2. The number of anilines is 1. The third kappa shape index (κ3) is 13.8. The van der Waals surface area contributed by atoms with Crippen molar-refractivity contribution in [3.63, 3.8) is 0 Å². The smallest absolute Gasteiger partial charge is 0.407 e. The molecule has 1 saturated heterocycles. The average molecular weight is 1290 g/mol. The molecular weight excluding hydrogens is 1200 g/mol. The third-order valence-electron chi connectivity index (χ3n) is 21.8. The largest absolute Gasteiger partial charge is 0.493 e. The fourth-order valence-electron chi connectivity index (χ4n) is 15.7. The van der Waals surface area contributed by atoms with E-state index in [-0.39, 0.29) is 91.3 Å². The van der Waals surface area contributed by atoms with E-state index in [0.29, 0.717) is 76.6 Å². The van der Waals surface area contributed by atoms with Gasteiger partial charge in [0.25, 0.3) is 0 Å². The van der Waals surface area contributed by atoms with Crippen molar-refractivity contribution in [2.75, 3.05) is 52.0 Å². The fraction of sp³-hybridized carbons (Fsp3) is 0.402. The van der Waals surface area contributed by atoms with E-state index in [1.54, 1.807) is 45.4 Å². The minimum atomic E-state index is -0.794. The highest BCUT2D eigenvalue weighted by atomic mass is 16.5. The van der Waals surface area contributed by atoms with Gasteiger partial charge in [-0.2, -0.15) is 0 Å². The Morgan fingerprint density at radius 3 is 1.93 bits per heavy atom. The number of ketones is 4. The number of ether oxygens (including phenoxy) is 5. The number of Topliss-reactive ketones (excluding diaryl/α,β-unsaturated/α-hetero) is 3. The maximum absolute atomic E-state index is 14.3. The van der Waals surface area contributed by atoms with Crippen molar-refractivity contribution in [2.24, 2.45) is 56.8 Å². The molecular formula is C82H88N4O10. The maximum atomic E-state index is 14.3. The molecule has 14 heteroatoms. The molecule has 0 aromatic heterocycles. The lowest BCUT2D eigenvalue weighted by atomic mass is 9.70. The Balaban J connectivity index is 0.577. The Hall–Kier alpha value is -9.17. The molecule has 1 N–H and O–H groups in total. The minimum absolute atomic E-state index is 0.0120. The van der Waals surface area contributed by atoms with Gasteiger partial charge in [-0.15, -0.1) is 0 Å². The molecule has 96 heavy (non-hydrogen) atoms. The van der Waals surface area contributed by atoms with Gasteiger partial charge in [0.2, 0.25) is 0 Å². The first-order chi connectivity index (χ1) is 46.5. The van der Waals surface area contributed by atoms with E-state index < -0.39 is 18.1 Å². The van der Waals surface area contributed by atoms with Crippen molar-refractivity contribution in [2.45, 2.75) is 117 Å². The Labute approximate surface area is 564 Å². The monoisotopic (exact) mass is 1290 g/mol. The van der Waals surface area contributed by atoms with E-state index in [1.165, 1.54) is 36.1 Å². The van der Waals surface area contributed by atoms with Crippen LogP contribution in [-0.2, 0) is 20.7 Å². The number of hydrogen-bond donors (Lipinski definition) is 1. The van der Waals surface area contributed by atoms with Crippen LogP contribution >= 0.6 is 0 Å². The lowest BCUT2D eigenvalue weighted by Gasteiger charge is -2.35. The van der Waals surface area contributed by atoms with Crippen LogP contribution in [0.5, 0.6) is 23.0 Å². The van der Waals surface area contributed by atoms with Crippen LogP contribution in [0.1, 0.15) is 153 Å². The van der Waals surface area contributed by atoms with Crippen LogP contribution in [0.15, 0.2) is 155 Å². The number of allylic oxidation sites excluding steroid dienone is 6. The molecule has 7 aliphatic rings. The summed E-state index contributed by atoms with van der Waals surface area (Å²) in [4.78, 5) is 81.1. The summed E-state index contributed by atoms with van der Waals surface area (Å²) in [5.41, 5.74) is 15.1. The maximum Gasteiger partial charge on any atom is 0.407 e. The second-order valence-electron chi connectivity index (χ2n) is 28.1. The number of nitrogens with one attached hydrogen (secondary N) is 1. The van der Waals surface area contributed by atoms with E-state index in [2.05, 4.69) is 103 Å². The highest BCUT2D eigenvalue weighted by molar-refractivity contribution is 6.10. The number of fused-ring (bicyclic) bond motifs is 7. The van der Waals surface area contributed by atoms with Gasteiger partial charge >= 0.3 is 6.09 Å². The number of carbonyl (C=O) groups excluding carboxylic acids is 5. The van der Waals surface area contributed by atoms with Crippen LogP contribution in [-0.4, -0.2) is 94.8 Å². The van der Waals surface area contributed by atoms with Gasteiger partial charge in [0.05, 0.1) is 50.4 Å². The van der Waals surface area contributed by atoms with Crippen LogP contribution in [0.2, 0.25) is 0 Å². The molecule has 6 aromatic carbocycles. The van der Waals surface area contributed by atoms with Crippen LogP contribution in [0.4, 0.5) is 21.9 Å². The number of benzene rings is 6. The lowest BCUT2D eigenvalue weighted by Crippen LogP contribution is -2.45. The molecule has 1 amide bonds. The highest BCUT2D eigenvalue weighted by Gasteiger charge is 2.52. The van der Waals surface area contributed by atoms with E-state index in [1.807, 2.05) is 62.5 Å². The zero-order valence-electron chi connectivity index (χ0n) is 56.4. The number of alkyl carbamates (subject to hydrolysis) is 1. The molecule has 7 atom stereocenters. The molecule has 1 spiro atoms. The van der Waals surface area contributed by atoms with Crippen molar-refractivity contribution < 1.29 is 47.7 Å². The van der Waals surface area contributed by atoms with Crippen molar-refractivity contribution in [3.05, 3.63) is 184 Å². The minimum Gasteiger partial charge on any atom is -0.493 e. The van der Waals surface area contributed by atoms with Crippen molar-refractivity contribution in [3.8, 4) is 34.1 Å². The zero-order valence-corrected chi connectivity index (χ0v) is 56.4. The third-order valence-corrected chi connectivity index (χ3v) is 21.8. The van der Waals surface area contributed by atoms with E-state index in [0.717, 1.165) is 76.4 Å². The summed E-state index contributed by atoms with van der Waals surface area (Å²) in [6.07, 6.45) is 17.7. The highest BCUT2D eigenvalue weighted by Crippen LogP contribution is 2.59. The molecule has 3 aliphatic heterocycles. The first kappa shape index (κ1) is 65.5. The summed E-state index contributed by atoms with van der Waals surface area (Å²) in [5, 5.41) is 2.82. The molecule has 0 radical (unpaired) electrons. The molecule has 496 valence electrons. The van der Waals surface area contributed by atoms with Gasteiger partial charge < -0.3 is 33.9 Å². The van der Waals surface area contributed by atoms with E-state index >= 15 is 0 Å². The van der Waals surface area contributed by atoms with Crippen LogP contribution in [0.3, 0.4) is 0 Å². The van der Waals surface area contributed by atoms with Gasteiger partial charge in [-0.1, -0.05) is 137 Å². The molecule has 14 nitrogen and oxygen atoms in total. The molecule has 2 fully saturated rings. The standard InChI is InChI=1S/C82H88N4O10/c1-49(2)79(85-81(91)96-48-69-65-15-10-8-13-63(65)64-14-9-11-16-66(64)69)74(89)37-50(3)72(87)30-19-53-17-20-54(21-18-53)56-22-23-58-40-73(88)67-41-75(92-6)77(43-70(67)83-46-59(58)38-56)94-35-12-36-95-78-44-71-68(42-76(78)93-7)80(90)52(5)62-29-26-57(39-60(62)47-84-71)55-24-27-61(28-25-55)86-33-31-82(32-34-86)45-51(82)4/h8-11,13-18,20-22,24-28,40-44,46-47,49-52,59-60,62,69,79H,12,19,23,29-39,45,48H2,1-7H3,(H,85,91). The molecule has 4 aliphatic carbocycles. The first-order valence-electron chi connectivity index (χ1n) is 34.6. The van der Waals surface area contributed by atoms with E-state index in [4.69, 9.17) is 33.7 Å². The molecule has 3 heterocycles. The Bertz CT molecular complexity index is 4080. The number of rotatable bonds is 22.